The molecule has 0 unspecified atom stereocenters. The van der Waals surface area contributed by atoms with Crippen LogP contribution < -0.4 is 11.5 Å². The summed E-state index contributed by atoms with van der Waals surface area (Å²) in [5.41, 5.74) is 13.6. The highest BCUT2D eigenvalue weighted by atomic mass is 14.7. The molecule has 1 rings (SSSR count). The van der Waals surface area contributed by atoms with Gasteiger partial charge in [0.05, 0.1) is 11.4 Å². The van der Waals surface area contributed by atoms with E-state index in [0.717, 1.165) is 12.0 Å². The van der Waals surface area contributed by atoms with Crippen LogP contribution in [0.5, 0.6) is 0 Å². The Morgan fingerprint density at radius 3 is 2.77 bits per heavy atom. The largest absolute Gasteiger partial charge is 0.397 e. The summed E-state index contributed by atoms with van der Waals surface area (Å²) in [6.07, 6.45) is 6.62. The molecule has 0 bridgehead atoms. The van der Waals surface area contributed by atoms with Crippen LogP contribution in [0.3, 0.4) is 0 Å². The van der Waals surface area contributed by atoms with Crippen molar-refractivity contribution in [2.24, 2.45) is 0 Å². The number of benzene rings is 1. The highest BCUT2D eigenvalue weighted by Crippen LogP contribution is 2.20. The molecule has 0 atom stereocenters. The number of nitrogen functional groups attached to an aromatic ring is 2. The van der Waals surface area contributed by atoms with E-state index in [-0.39, 0.29) is 0 Å². The molecular weight excluding hydrogens is 160 g/mol. The van der Waals surface area contributed by atoms with Crippen LogP contribution >= 0.6 is 0 Å². The van der Waals surface area contributed by atoms with E-state index in [9.17, 15) is 0 Å². The summed E-state index contributed by atoms with van der Waals surface area (Å²) in [6.45, 7) is 3.62. The van der Waals surface area contributed by atoms with Crippen molar-refractivity contribution in [3.05, 3.63) is 42.5 Å². The Labute approximate surface area is 78.6 Å². The van der Waals surface area contributed by atoms with Crippen LogP contribution in [-0.2, 0) is 0 Å². The maximum Gasteiger partial charge on any atom is 0.0621 e. The minimum Gasteiger partial charge on any atom is -0.397 e. The van der Waals surface area contributed by atoms with E-state index in [2.05, 4.69) is 6.58 Å². The third kappa shape index (κ3) is 2.37. The molecule has 0 fully saturated rings. The van der Waals surface area contributed by atoms with E-state index >= 15 is 0 Å². The number of anilines is 2. The Kier molecular flexibility index (Phi) is 3.15. The predicted octanol–water partition coefficient (Wildman–Crippen LogP) is 2.44. The van der Waals surface area contributed by atoms with Gasteiger partial charge < -0.3 is 11.5 Å². The molecule has 0 saturated heterocycles. The van der Waals surface area contributed by atoms with Crippen LogP contribution in [0, 0.1) is 0 Å². The quantitative estimate of drug-likeness (QED) is 0.546. The molecule has 0 radical (unpaired) electrons. The second-order valence-electron chi connectivity index (χ2n) is 2.78. The average molecular weight is 174 g/mol. The first kappa shape index (κ1) is 9.39. The van der Waals surface area contributed by atoms with E-state index in [1.54, 1.807) is 6.07 Å². The van der Waals surface area contributed by atoms with Gasteiger partial charge in [-0.1, -0.05) is 30.4 Å². The zero-order valence-corrected chi connectivity index (χ0v) is 7.53. The fourth-order valence-corrected chi connectivity index (χ4v) is 1.04. The fourth-order valence-electron chi connectivity index (χ4n) is 1.04. The van der Waals surface area contributed by atoms with Crippen molar-refractivity contribution >= 4 is 17.5 Å². The van der Waals surface area contributed by atoms with Gasteiger partial charge in [-0.3, -0.25) is 0 Å². The Bertz CT molecular complexity index is 327. The van der Waals surface area contributed by atoms with Crippen LogP contribution in [0.1, 0.15) is 12.0 Å². The topological polar surface area (TPSA) is 52.0 Å². The lowest BCUT2D eigenvalue weighted by molar-refractivity contribution is 1.42. The van der Waals surface area contributed by atoms with Crippen LogP contribution in [0.25, 0.3) is 6.08 Å². The summed E-state index contributed by atoms with van der Waals surface area (Å²) in [7, 11) is 0. The summed E-state index contributed by atoms with van der Waals surface area (Å²) < 4.78 is 0. The van der Waals surface area contributed by atoms with Crippen molar-refractivity contribution in [1.82, 2.24) is 0 Å². The van der Waals surface area contributed by atoms with Crippen molar-refractivity contribution < 1.29 is 0 Å². The molecule has 0 saturated carbocycles. The number of allylic oxidation sites excluding steroid dienone is 2. The number of hydrogen-bond acceptors (Lipinski definition) is 2. The Morgan fingerprint density at radius 2 is 2.08 bits per heavy atom. The zero-order valence-electron chi connectivity index (χ0n) is 7.53. The minimum absolute atomic E-state index is 0.626. The highest BCUT2D eigenvalue weighted by Gasteiger charge is 1.96. The molecule has 0 aliphatic rings. The van der Waals surface area contributed by atoms with E-state index in [0.29, 0.717) is 11.4 Å². The summed E-state index contributed by atoms with van der Waals surface area (Å²) in [6, 6.07) is 5.62. The van der Waals surface area contributed by atoms with Crippen LogP contribution in [0.2, 0.25) is 0 Å². The average Bonchev–Trinajstić information content (AvgIpc) is 2.13. The van der Waals surface area contributed by atoms with Crippen LogP contribution in [-0.4, -0.2) is 0 Å². The highest BCUT2D eigenvalue weighted by molar-refractivity contribution is 5.75. The first-order valence-corrected chi connectivity index (χ1v) is 4.17. The second kappa shape index (κ2) is 4.36. The summed E-state index contributed by atoms with van der Waals surface area (Å²) in [5.74, 6) is 0. The molecule has 2 heteroatoms. The maximum absolute atomic E-state index is 5.76. The second-order valence-corrected chi connectivity index (χ2v) is 2.78. The van der Waals surface area contributed by atoms with Gasteiger partial charge in [0, 0.05) is 0 Å². The van der Waals surface area contributed by atoms with Gasteiger partial charge in [-0.15, -0.1) is 6.58 Å². The molecule has 0 amide bonds. The van der Waals surface area contributed by atoms with Crippen molar-refractivity contribution in [3.8, 4) is 0 Å². The first-order chi connectivity index (χ1) is 6.25. The van der Waals surface area contributed by atoms with E-state index in [1.807, 2.05) is 30.4 Å². The molecule has 4 N–H and O–H groups in total. The third-order valence-electron chi connectivity index (χ3n) is 1.77. The number of para-hydroxylation sites is 1. The zero-order chi connectivity index (χ0) is 9.68. The maximum atomic E-state index is 5.76. The van der Waals surface area contributed by atoms with Crippen molar-refractivity contribution in [3.63, 3.8) is 0 Å². The lowest BCUT2D eigenvalue weighted by Gasteiger charge is -2.02. The number of hydrogen-bond donors (Lipinski definition) is 2. The van der Waals surface area contributed by atoms with Crippen LogP contribution in [0.4, 0.5) is 11.4 Å². The third-order valence-corrected chi connectivity index (χ3v) is 1.77. The lowest BCUT2D eigenvalue weighted by Crippen LogP contribution is -1.96. The van der Waals surface area contributed by atoms with Gasteiger partial charge in [0.2, 0.25) is 0 Å². The van der Waals surface area contributed by atoms with Crippen LogP contribution in [0.15, 0.2) is 36.9 Å². The van der Waals surface area contributed by atoms with E-state index < -0.39 is 0 Å². The molecule has 0 heterocycles. The predicted molar refractivity (Wildman–Crippen MR) is 59.1 cm³/mol. The Balaban J connectivity index is 2.88. The van der Waals surface area contributed by atoms with E-state index in [1.165, 1.54) is 0 Å². The summed E-state index contributed by atoms with van der Waals surface area (Å²) in [4.78, 5) is 0. The molecule has 1 aromatic carbocycles. The molecule has 68 valence electrons. The van der Waals surface area contributed by atoms with Gasteiger partial charge >= 0.3 is 0 Å². The van der Waals surface area contributed by atoms with Gasteiger partial charge in [0.25, 0.3) is 0 Å². The number of nitrogens with two attached hydrogens (primary N) is 2. The molecule has 2 nitrogen and oxygen atoms in total. The molecular formula is C11H14N2. The molecule has 0 aliphatic carbocycles. The smallest absolute Gasteiger partial charge is 0.0621 e. The van der Waals surface area contributed by atoms with Gasteiger partial charge in [-0.2, -0.15) is 0 Å². The monoisotopic (exact) mass is 174 g/mol. The standard InChI is InChI=1S/C11H14N2/c1-2-3-4-6-9-7-5-8-10(12)11(9)13/h2,4-8H,1,3,12-13H2/b6-4+. The van der Waals surface area contributed by atoms with Gasteiger partial charge in [-0.05, 0) is 18.1 Å². The van der Waals surface area contributed by atoms with Crippen molar-refractivity contribution in [2.45, 2.75) is 6.42 Å². The first-order valence-electron chi connectivity index (χ1n) is 4.17. The SMILES string of the molecule is C=CC/C=C/c1cccc(N)c1N. The Hall–Kier alpha value is -1.70. The summed E-state index contributed by atoms with van der Waals surface area (Å²) >= 11 is 0. The van der Waals surface area contributed by atoms with Crippen molar-refractivity contribution in [1.29, 1.82) is 0 Å². The van der Waals surface area contributed by atoms with Gasteiger partial charge in [-0.25, -0.2) is 0 Å². The molecule has 0 aromatic heterocycles. The molecule has 13 heavy (non-hydrogen) atoms. The van der Waals surface area contributed by atoms with Gasteiger partial charge in [0.15, 0.2) is 0 Å². The van der Waals surface area contributed by atoms with Gasteiger partial charge in [0.1, 0.15) is 0 Å². The summed E-state index contributed by atoms with van der Waals surface area (Å²) in [5, 5.41) is 0. The minimum atomic E-state index is 0.626. The fraction of sp³-hybridized carbons (Fsp3) is 0.0909. The number of rotatable bonds is 3. The Morgan fingerprint density at radius 1 is 1.31 bits per heavy atom. The normalized spacial score (nSPS) is 10.5. The molecule has 0 spiro atoms. The van der Waals surface area contributed by atoms with Crippen molar-refractivity contribution in [2.75, 3.05) is 11.5 Å². The van der Waals surface area contributed by atoms with E-state index in [4.69, 9.17) is 11.5 Å². The molecule has 0 aliphatic heterocycles. The lowest BCUT2D eigenvalue weighted by atomic mass is 10.1. The molecule has 1 aromatic rings.